The molecule has 1 aliphatic rings. The molecule has 0 unspecified atom stereocenters. The first-order valence-corrected chi connectivity index (χ1v) is 6.99. The molecular weight excluding hydrogens is 236 g/mol. The molecule has 1 aliphatic carbocycles. The van der Waals surface area contributed by atoms with Gasteiger partial charge in [-0.1, -0.05) is 30.7 Å². The molecule has 19 heavy (non-hydrogen) atoms. The molecule has 2 aromatic rings. The Morgan fingerprint density at radius 1 is 1.16 bits per heavy atom. The SMILES string of the molecule is O=C(CCc1ccco1)c1ccccc1C1CCC1. The van der Waals surface area contributed by atoms with Gasteiger partial charge in [-0.05, 0) is 36.5 Å². The predicted octanol–water partition coefficient (Wildman–Crippen LogP) is 4.36. The van der Waals surface area contributed by atoms with Crippen LogP contribution in [0.15, 0.2) is 47.1 Å². The summed E-state index contributed by atoms with van der Waals surface area (Å²) in [7, 11) is 0. The van der Waals surface area contributed by atoms with E-state index in [1.165, 1.54) is 24.8 Å². The summed E-state index contributed by atoms with van der Waals surface area (Å²) in [4.78, 5) is 12.4. The maximum absolute atomic E-state index is 12.4. The van der Waals surface area contributed by atoms with Crippen LogP contribution >= 0.6 is 0 Å². The van der Waals surface area contributed by atoms with Gasteiger partial charge in [-0.3, -0.25) is 4.79 Å². The third-order valence-electron chi connectivity index (χ3n) is 3.98. The minimum absolute atomic E-state index is 0.235. The third-order valence-corrected chi connectivity index (χ3v) is 3.98. The summed E-state index contributed by atoms with van der Waals surface area (Å²) in [6.07, 6.45) is 6.61. The van der Waals surface area contributed by atoms with E-state index in [1.807, 2.05) is 30.3 Å². The van der Waals surface area contributed by atoms with Crippen LogP contribution in [0, 0.1) is 0 Å². The molecule has 1 aromatic carbocycles. The maximum atomic E-state index is 12.4. The lowest BCUT2D eigenvalue weighted by Gasteiger charge is -2.27. The van der Waals surface area contributed by atoms with E-state index in [0.29, 0.717) is 18.8 Å². The van der Waals surface area contributed by atoms with E-state index in [4.69, 9.17) is 4.42 Å². The summed E-state index contributed by atoms with van der Waals surface area (Å²) in [5.41, 5.74) is 2.16. The highest BCUT2D eigenvalue weighted by Crippen LogP contribution is 2.38. The molecule has 0 atom stereocenters. The molecule has 0 amide bonds. The maximum Gasteiger partial charge on any atom is 0.163 e. The van der Waals surface area contributed by atoms with Crippen molar-refractivity contribution in [1.82, 2.24) is 0 Å². The number of carbonyl (C=O) groups excluding carboxylic acids is 1. The fourth-order valence-electron chi connectivity index (χ4n) is 2.65. The van der Waals surface area contributed by atoms with Crippen LogP contribution in [0.3, 0.4) is 0 Å². The van der Waals surface area contributed by atoms with Crippen molar-refractivity contribution < 1.29 is 9.21 Å². The van der Waals surface area contributed by atoms with E-state index >= 15 is 0 Å². The Morgan fingerprint density at radius 3 is 2.68 bits per heavy atom. The molecule has 2 nitrogen and oxygen atoms in total. The van der Waals surface area contributed by atoms with Gasteiger partial charge >= 0.3 is 0 Å². The lowest BCUT2D eigenvalue weighted by molar-refractivity contribution is 0.0979. The molecule has 3 rings (SSSR count). The van der Waals surface area contributed by atoms with E-state index in [2.05, 4.69) is 6.07 Å². The first-order chi connectivity index (χ1) is 9.34. The molecule has 0 bridgehead atoms. The molecular formula is C17H18O2. The van der Waals surface area contributed by atoms with E-state index in [9.17, 15) is 4.79 Å². The highest BCUT2D eigenvalue weighted by Gasteiger charge is 2.23. The van der Waals surface area contributed by atoms with Crippen molar-refractivity contribution >= 4 is 5.78 Å². The molecule has 1 saturated carbocycles. The fraction of sp³-hybridized carbons (Fsp3) is 0.353. The first-order valence-electron chi connectivity index (χ1n) is 6.99. The number of hydrogen-bond donors (Lipinski definition) is 0. The monoisotopic (exact) mass is 254 g/mol. The average molecular weight is 254 g/mol. The van der Waals surface area contributed by atoms with Gasteiger partial charge in [0.25, 0.3) is 0 Å². The summed E-state index contributed by atoms with van der Waals surface area (Å²) in [6, 6.07) is 11.9. The largest absolute Gasteiger partial charge is 0.469 e. The zero-order valence-electron chi connectivity index (χ0n) is 11.0. The van der Waals surface area contributed by atoms with Gasteiger partial charge in [-0.2, -0.15) is 0 Å². The summed E-state index contributed by atoms with van der Waals surface area (Å²) in [5, 5.41) is 0. The Labute approximate surface area is 113 Å². The van der Waals surface area contributed by atoms with Gasteiger partial charge in [0.15, 0.2) is 5.78 Å². The fourth-order valence-corrected chi connectivity index (χ4v) is 2.65. The quantitative estimate of drug-likeness (QED) is 0.742. The van der Waals surface area contributed by atoms with E-state index in [0.717, 1.165) is 11.3 Å². The van der Waals surface area contributed by atoms with Gasteiger partial charge in [-0.25, -0.2) is 0 Å². The van der Waals surface area contributed by atoms with Crippen LogP contribution in [-0.2, 0) is 6.42 Å². The molecule has 0 N–H and O–H groups in total. The van der Waals surface area contributed by atoms with Crippen LogP contribution in [-0.4, -0.2) is 5.78 Å². The first kappa shape index (κ1) is 12.2. The molecule has 0 spiro atoms. The number of carbonyl (C=O) groups is 1. The van der Waals surface area contributed by atoms with E-state index < -0.39 is 0 Å². The van der Waals surface area contributed by atoms with Crippen LogP contribution in [0.1, 0.15) is 53.3 Å². The molecule has 0 saturated heterocycles. The van der Waals surface area contributed by atoms with Gasteiger partial charge in [0, 0.05) is 18.4 Å². The molecule has 1 fully saturated rings. The highest BCUT2D eigenvalue weighted by atomic mass is 16.3. The van der Waals surface area contributed by atoms with Crippen LogP contribution in [0.5, 0.6) is 0 Å². The highest BCUT2D eigenvalue weighted by molar-refractivity contribution is 5.97. The van der Waals surface area contributed by atoms with Gasteiger partial charge in [0.1, 0.15) is 5.76 Å². The third kappa shape index (κ3) is 2.62. The summed E-state index contributed by atoms with van der Waals surface area (Å²) < 4.78 is 5.28. The smallest absolute Gasteiger partial charge is 0.163 e. The van der Waals surface area contributed by atoms with Gasteiger partial charge in [-0.15, -0.1) is 0 Å². The topological polar surface area (TPSA) is 30.2 Å². The van der Waals surface area contributed by atoms with Gasteiger partial charge in [0.2, 0.25) is 0 Å². The number of ketones is 1. The zero-order valence-corrected chi connectivity index (χ0v) is 11.0. The Morgan fingerprint density at radius 2 is 2.00 bits per heavy atom. The Hall–Kier alpha value is -1.83. The van der Waals surface area contributed by atoms with Crippen molar-refractivity contribution in [3.8, 4) is 0 Å². The number of furan rings is 1. The molecule has 0 aliphatic heterocycles. The van der Waals surface area contributed by atoms with Crippen molar-refractivity contribution in [2.24, 2.45) is 0 Å². The van der Waals surface area contributed by atoms with Crippen molar-refractivity contribution in [2.45, 2.75) is 38.0 Å². The molecule has 0 radical (unpaired) electrons. The normalized spacial score (nSPS) is 15.2. The predicted molar refractivity (Wildman–Crippen MR) is 74.4 cm³/mol. The molecule has 98 valence electrons. The number of benzene rings is 1. The second-order valence-electron chi connectivity index (χ2n) is 5.22. The van der Waals surface area contributed by atoms with Crippen molar-refractivity contribution in [3.05, 3.63) is 59.5 Å². The van der Waals surface area contributed by atoms with Gasteiger partial charge in [0.05, 0.1) is 6.26 Å². The van der Waals surface area contributed by atoms with E-state index in [1.54, 1.807) is 6.26 Å². The average Bonchev–Trinajstić information content (AvgIpc) is 2.88. The lowest BCUT2D eigenvalue weighted by Crippen LogP contribution is -2.14. The summed E-state index contributed by atoms with van der Waals surface area (Å²) in [5.74, 6) is 1.72. The summed E-state index contributed by atoms with van der Waals surface area (Å²) >= 11 is 0. The zero-order chi connectivity index (χ0) is 13.1. The van der Waals surface area contributed by atoms with Crippen molar-refractivity contribution in [2.75, 3.05) is 0 Å². The summed E-state index contributed by atoms with van der Waals surface area (Å²) in [6.45, 7) is 0. The lowest BCUT2D eigenvalue weighted by atomic mass is 9.77. The Bertz CT molecular complexity index is 550. The number of hydrogen-bond acceptors (Lipinski definition) is 2. The van der Waals surface area contributed by atoms with Crippen LogP contribution in [0.25, 0.3) is 0 Å². The van der Waals surface area contributed by atoms with Crippen LogP contribution in [0.4, 0.5) is 0 Å². The number of rotatable bonds is 5. The van der Waals surface area contributed by atoms with Crippen molar-refractivity contribution in [3.63, 3.8) is 0 Å². The molecule has 1 aromatic heterocycles. The van der Waals surface area contributed by atoms with E-state index in [-0.39, 0.29) is 5.78 Å². The van der Waals surface area contributed by atoms with Crippen LogP contribution < -0.4 is 0 Å². The molecule has 2 heteroatoms. The standard InChI is InChI=1S/C17H18O2/c18-17(11-10-14-7-4-12-19-14)16-9-2-1-8-15(16)13-5-3-6-13/h1-2,4,7-9,12-13H,3,5-6,10-11H2. The minimum Gasteiger partial charge on any atom is -0.469 e. The number of aryl methyl sites for hydroxylation is 1. The second kappa shape index (κ2) is 5.43. The second-order valence-corrected chi connectivity index (χ2v) is 5.22. The minimum atomic E-state index is 0.235. The number of Topliss-reactive ketones (excluding diaryl/α,β-unsaturated/α-hetero) is 1. The van der Waals surface area contributed by atoms with Gasteiger partial charge < -0.3 is 4.42 Å². The van der Waals surface area contributed by atoms with Crippen LogP contribution in [0.2, 0.25) is 0 Å². The Kier molecular flexibility index (Phi) is 3.49. The Balaban J connectivity index is 1.72. The van der Waals surface area contributed by atoms with Crippen molar-refractivity contribution in [1.29, 1.82) is 0 Å². The molecule has 1 heterocycles.